The zero-order valence-electron chi connectivity index (χ0n) is 9.54. The van der Waals surface area contributed by atoms with Crippen LogP contribution in [0.2, 0.25) is 0 Å². The van der Waals surface area contributed by atoms with Crippen LogP contribution >= 0.6 is 0 Å². The summed E-state index contributed by atoms with van der Waals surface area (Å²) in [5, 5.41) is 3.11. The molecular formula is C12H22N2O. The molecule has 0 bridgehead atoms. The minimum Gasteiger partial charge on any atom is -0.353 e. The first-order valence-corrected chi connectivity index (χ1v) is 6.21. The molecule has 0 unspecified atom stereocenters. The summed E-state index contributed by atoms with van der Waals surface area (Å²) in [6.07, 6.45) is 6.51. The molecule has 1 amide bonds. The minimum absolute atomic E-state index is 0.276. The van der Waals surface area contributed by atoms with Crippen molar-refractivity contribution in [2.75, 3.05) is 0 Å². The Kier molecular flexibility index (Phi) is 3.29. The van der Waals surface area contributed by atoms with Gasteiger partial charge in [-0.05, 0) is 44.4 Å². The van der Waals surface area contributed by atoms with Gasteiger partial charge in [0.05, 0.1) is 0 Å². The lowest BCUT2D eigenvalue weighted by Crippen LogP contribution is -2.51. The van der Waals surface area contributed by atoms with Gasteiger partial charge in [-0.15, -0.1) is 0 Å². The monoisotopic (exact) mass is 210 g/mol. The fraction of sp³-hybridized carbons (Fsp3) is 0.917. The summed E-state index contributed by atoms with van der Waals surface area (Å²) >= 11 is 0. The van der Waals surface area contributed by atoms with Gasteiger partial charge in [0.2, 0.25) is 5.91 Å². The molecule has 3 heteroatoms. The predicted molar refractivity (Wildman–Crippen MR) is 60.3 cm³/mol. The molecule has 86 valence electrons. The molecule has 3 N–H and O–H groups in total. The first-order chi connectivity index (χ1) is 7.15. The first-order valence-electron chi connectivity index (χ1n) is 6.21. The summed E-state index contributed by atoms with van der Waals surface area (Å²) in [5.74, 6) is 1.36. The van der Waals surface area contributed by atoms with Crippen LogP contribution in [-0.4, -0.2) is 18.0 Å². The van der Waals surface area contributed by atoms with Gasteiger partial charge < -0.3 is 11.1 Å². The van der Waals surface area contributed by atoms with E-state index in [1.165, 1.54) is 12.8 Å². The summed E-state index contributed by atoms with van der Waals surface area (Å²) in [6.45, 7) is 2.28. The second-order valence-electron chi connectivity index (χ2n) is 5.39. The molecular weight excluding hydrogens is 188 g/mol. The fourth-order valence-corrected chi connectivity index (χ4v) is 2.62. The van der Waals surface area contributed by atoms with E-state index < -0.39 is 0 Å². The normalized spacial score (nSPS) is 40.7. The summed E-state index contributed by atoms with van der Waals surface area (Å²) in [6, 6.07) is 0.688. The second kappa shape index (κ2) is 4.52. The van der Waals surface area contributed by atoms with Crippen LogP contribution in [0.15, 0.2) is 0 Å². The highest BCUT2D eigenvalue weighted by Gasteiger charge is 2.30. The van der Waals surface area contributed by atoms with Crippen LogP contribution in [-0.2, 0) is 4.79 Å². The van der Waals surface area contributed by atoms with Gasteiger partial charge >= 0.3 is 0 Å². The van der Waals surface area contributed by atoms with Crippen molar-refractivity contribution in [3.05, 3.63) is 0 Å². The molecule has 15 heavy (non-hydrogen) atoms. The third kappa shape index (κ3) is 2.71. The maximum Gasteiger partial charge on any atom is 0.223 e. The molecule has 3 nitrogen and oxygen atoms in total. The largest absolute Gasteiger partial charge is 0.353 e. The lowest BCUT2D eigenvalue weighted by atomic mass is 9.81. The second-order valence-corrected chi connectivity index (χ2v) is 5.39. The lowest BCUT2D eigenvalue weighted by Gasteiger charge is -2.35. The average molecular weight is 210 g/mol. The van der Waals surface area contributed by atoms with E-state index in [0.717, 1.165) is 31.6 Å². The Morgan fingerprint density at radius 2 is 1.80 bits per heavy atom. The third-order valence-corrected chi connectivity index (χ3v) is 3.91. The van der Waals surface area contributed by atoms with Crippen molar-refractivity contribution in [2.24, 2.45) is 17.6 Å². The molecule has 2 aliphatic carbocycles. The Bertz CT molecular complexity index is 228. The van der Waals surface area contributed by atoms with Gasteiger partial charge in [-0.1, -0.05) is 6.92 Å². The molecule has 2 fully saturated rings. The number of nitrogens with one attached hydrogen (secondary N) is 1. The molecule has 0 saturated heterocycles. The van der Waals surface area contributed by atoms with Crippen molar-refractivity contribution in [3.63, 3.8) is 0 Å². The third-order valence-electron chi connectivity index (χ3n) is 3.91. The van der Waals surface area contributed by atoms with E-state index in [1.54, 1.807) is 0 Å². The maximum atomic E-state index is 11.9. The number of rotatable bonds is 2. The Morgan fingerprint density at radius 3 is 2.33 bits per heavy atom. The first kappa shape index (κ1) is 10.9. The molecule has 2 saturated carbocycles. The Labute approximate surface area is 91.8 Å². The van der Waals surface area contributed by atoms with Crippen LogP contribution < -0.4 is 11.1 Å². The van der Waals surface area contributed by atoms with Gasteiger partial charge in [-0.3, -0.25) is 4.79 Å². The van der Waals surface area contributed by atoms with Crippen molar-refractivity contribution >= 4 is 5.91 Å². The van der Waals surface area contributed by atoms with Gasteiger partial charge in [-0.2, -0.15) is 0 Å². The molecule has 0 aliphatic heterocycles. The molecule has 2 rings (SSSR count). The highest BCUT2D eigenvalue weighted by atomic mass is 16.1. The average Bonchev–Trinajstić information content (AvgIpc) is 2.16. The minimum atomic E-state index is 0.276. The number of amides is 1. The van der Waals surface area contributed by atoms with Gasteiger partial charge in [-0.25, -0.2) is 0 Å². The summed E-state index contributed by atoms with van der Waals surface area (Å²) < 4.78 is 0. The van der Waals surface area contributed by atoms with E-state index in [4.69, 9.17) is 5.73 Å². The van der Waals surface area contributed by atoms with Crippen molar-refractivity contribution in [1.82, 2.24) is 5.32 Å². The summed E-state index contributed by atoms with van der Waals surface area (Å²) in [4.78, 5) is 11.9. The summed E-state index contributed by atoms with van der Waals surface area (Å²) in [5.41, 5.74) is 5.69. The zero-order valence-corrected chi connectivity index (χ0v) is 9.54. The molecule has 0 atom stereocenters. The lowest BCUT2D eigenvalue weighted by molar-refractivity contribution is -0.127. The van der Waals surface area contributed by atoms with Crippen molar-refractivity contribution < 1.29 is 4.79 Å². The van der Waals surface area contributed by atoms with Crippen LogP contribution in [0.4, 0.5) is 0 Å². The number of hydrogen-bond acceptors (Lipinski definition) is 2. The molecule has 2 aliphatic rings. The van der Waals surface area contributed by atoms with Crippen molar-refractivity contribution in [1.29, 1.82) is 0 Å². The molecule has 0 aromatic rings. The Balaban J connectivity index is 1.71. The fourth-order valence-electron chi connectivity index (χ4n) is 2.62. The topological polar surface area (TPSA) is 55.1 Å². The molecule has 0 heterocycles. The maximum absolute atomic E-state index is 11.9. The number of carbonyl (C=O) groups is 1. The molecule has 0 aromatic heterocycles. The van der Waals surface area contributed by atoms with E-state index in [2.05, 4.69) is 12.2 Å². The highest BCUT2D eigenvalue weighted by molar-refractivity contribution is 5.79. The van der Waals surface area contributed by atoms with E-state index >= 15 is 0 Å². The van der Waals surface area contributed by atoms with Crippen molar-refractivity contribution in [3.8, 4) is 0 Å². The van der Waals surface area contributed by atoms with Crippen LogP contribution in [0.5, 0.6) is 0 Å². The van der Waals surface area contributed by atoms with Crippen LogP contribution in [0.3, 0.4) is 0 Å². The highest BCUT2D eigenvalue weighted by Crippen LogP contribution is 2.29. The van der Waals surface area contributed by atoms with E-state index in [9.17, 15) is 4.79 Å². The van der Waals surface area contributed by atoms with Crippen LogP contribution in [0.1, 0.15) is 45.4 Å². The van der Waals surface area contributed by atoms with Gasteiger partial charge in [0.15, 0.2) is 0 Å². The predicted octanol–water partition coefficient (Wildman–Crippen LogP) is 1.42. The van der Waals surface area contributed by atoms with E-state index in [1.807, 2.05) is 0 Å². The van der Waals surface area contributed by atoms with Crippen LogP contribution in [0, 0.1) is 11.8 Å². The zero-order chi connectivity index (χ0) is 10.8. The quantitative estimate of drug-likeness (QED) is 0.724. The number of nitrogens with two attached hydrogens (primary N) is 1. The van der Waals surface area contributed by atoms with Gasteiger partial charge in [0.25, 0.3) is 0 Å². The van der Waals surface area contributed by atoms with E-state index in [0.29, 0.717) is 12.1 Å². The number of carbonyl (C=O) groups excluding carboxylic acids is 1. The SMILES string of the molecule is CC1CCC(C(=O)NC2CC(N)C2)CC1. The van der Waals surface area contributed by atoms with E-state index in [-0.39, 0.29) is 11.8 Å². The summed E-state index contributed by atoms with van der Waals surface area (Å²) in [7, 11) is 0. The Morgan fingerprint density at radius 1 is 1.20 bits per heavy atom. The van der Waals surface area contributed by atoms with Gasteiger partial charge in [0, 0.05) is 18.0 Å². The molecule has 0 radical (unpaired) electrons. The van der Waals surface area contributed by atoms with Crippen molar-refractivity contribution in [2.45, 2.75) is 57.5 Å². The smallest absolute Gasteiger partial charge is 0.223 e. The van der Waals surface area contributed by atoms with Crippen LogP contribution in [0.25, 0.3) is 0 Å². The molecule has 0 aromatic carbocycles. The standard InChI is InChI=1S/C12H22N2O/c1-8-2-4-9(5-3-8)12(15)14-11-6-10(13)7-11/h8-11H,2-7,13H2,1H3,(H,14,15). The molecule has 0 spiro atoms. The number of hydrogen-bond donors (Lipinski definition) is 2. The van der Waals surface area contributed by atoms with Gasteiger partial charge in [0.1, 0.15) is 0 Å². The Hall–Kier alpha value is -0.570.